The number of benzene rings is 1. The summed E-state index contributed by atoms with van der Waals surface area (Å²) in [4.78, 5) is 13.5. The van der Waals surface area contributed by atoms with Gasteiger partial charge in [-0.25, -0.2) is 0 Å². The number of anilines is 1. The molecular formula is C14H19ClF3N3O. The van der Waals surface area contributed by atoms with Gasteiger partial charge in [0.15, 0.2) is 0 Å². The molecule has 1 aromatic rings. The third-order valence-corrected chi connectivity index (χ3v) is 2.98. The molecule has 0 bridgehead atoms. The van der Waals surface area contributed by atoms with E-state index in [0.29, 0.717) is 6.54 Å². The summed E-state index contributed by atoms with van der Waals surface area (Å²) in [6, 6.07) is 3.24. The van der Waals surface area contributed by atoms with Crippen LogP contribution in [0.2, 0.25) is 5.02 Å². The molecule has 0 saturated carbocycles. The fourth-order valence-electron chi connectivity index (χ4n) is 2.02. The van der Waals surface area contributed by atoms with Gasteiger partial charge in [0.25, 0.3) is 0 Å². The van der Waals surface area contributed by atoms with Gasteiger partial charge >= 0.3 is 6.18 Å². The zero-order chi connectivity index (χ0) is 17.1. The highest BCUT2D eigenvalue weighted by Crippen LogP contribution is 2.36. The molecule has 8 heteroatoms. The second-order valence-corrected chi connectivity index (χ2v) is 6.31. The van der Waals surface area contributed by atoms with Crippen molar-refractivity contribution in [3.8, 4) is 0 Å². The van der Waals surface area contributed by atoms with E-state index in [1.807, 2.05) is 13.8 Å². The van der Waals surface area contributed by atoms with E-state index in [1.54, 1.807) is 11.9 Å². The number of rotatable bonds is 5. The number of hydrogen-bond donors (Lipinski definition) is 2. The second-order valence-electron chi connectivity index (χ2n) is 5.90. The molecule has 0 aliphatic carbocycles. The molecule has 0 fully saturated rings. The van der Waals surface area contributed by atoms with Crippen molar-refractivity contribution in [3.05, 3.63) is 28.8 Å². The molecule has 0 saturated heterocycles. The lowest BCUT2D eigenvalue weighted by atomic mass is 10.1. The van der Waals surface area contributed by atoms with E-state index in [0.717, 1.165) is 12.1 Å². The summed E-state index contributed by atoms with van der Waals surface area (Å²) in [5, 5.41) is 2.01. The molecule has 1 rings (SSSR count). The molecule has 0 aliphatic rings. The van der Waals surface area contributed by atoms with Crippen LogP contribution in [0.5, 0.6) is 0 Å². The van der Waals surface area contributed by atoms with Gasteiger partial charge in [-0.2, -0.15) is 13.2 Å². The zero-order valence-corrected chi connectivity index (χ0v) is 13.3. The van der Waals surface area contributed by atoms with E-state index in [2.05, 4.69) is 5.32 Å². The lowest BCUT2D eigenvalue weighted by Gasteiger charge is -2.25. The number of nitrogens with one attached hydrogen (secondary N) is 1. The fraction of sp³-hybridized carbons (Fsp3) is 0.500. The third-order valence-electron chi connectivity index (χ3n) is 2.65. The van der Waals surface area contributed by atoms with Crippen molar-refractivity contribution in [2.75, 3.05) is 25.5 Å². The Kier molecular flexibility index (Phi) is 5.83. The first-order valence-electron chi connectivity index (χ1n) is 6.52. The molecular weight excluding hydrogens is 319 g/mol. The number of likely N-dealkylation sites (N-methyl/N-ethyl adjacent to an activating group) is 1. The number of hydrogen-bond acceptors (Lipinski definition) is 3. The van der Waals surface area contributed by atoms with Gasteiger partial charge in [0.2, 0.25) is 5.91 Å². The van der Waals surface area contributed by atoms with Crippen LogP contribution in [-0.2, 0) is 11.0 Å². The van der Waals surface area contributed by atoms with Crippen LogP contribution in [0.25, 0.3) is 0 Å². The number of carbonyl (C=O) groups excluding carboxylic acids is 1. The van der Waals surface area contributed by atoms with Crippen molar-refractivity contribution < 1.29 is 18.0 Å². The van der Waals surface area contributed by atoms with Crippen molar-refractivity contribution in [1.29, 1.82) is 0 Å². The monoisotopic (exact) mass is 337 g/mol. The Balaban J connectivity index is 2.73. The first kappa shape index (κ1) is 18.7. The van der Waals surface area contributed by atoms with Crippen LogP contribution in [0.1, 0.15) is 19.4 Å². The van der Waals surface area contributed by atoms with Gasteiger partial charge in [-0.1, -0.05) is 11.6 Å². The van der Waals surface area contributed by atoms with Gasteiger partial charge in [0, 0.05) is 17.8 Å². The first-order chi connectivity index (χ1) is 9.88. The summed E-state index contributed by atoms with van der Waals surface area (Å²) < 4.78 is 38.2. The van der Waals surface area contributed by atoms with Crippen LogP contribution in [0.4, 0.5) is 18.9 Å². The fourth-order valence-corrected chi connectivity index (χ4v) is 2.24. The van der Waals surface area contributed by atoms with Gasteiger partial charge < -0.3 is 11.1 Å². The lowest BCUT2D eigenvalue weighted by molar-refractivity contribution is -0.137. The van der Waals surface area contributed by atoms with Crippen LogP contribution >= 0.6 is 11.6 Å². The smallest absolute Gasteiger partial charge is 0.325 e. The molecule has 0 aromatic heterocycles. The van der Waals surface area contributed by atoms with Gasteiger partial charge in [-0.05, 0) is 39.1 Å². The number of carbonyl (C=O) groups is 1. The summed E-state index contributed by atoms with van der Waals surface area (Å²) in [5.41, 5.74) is 4.42. The van der Waals surface area contributed by atoms with Crippen LogP contribution in [0.3, 0.4) is 0 Å². The Morgan fingerprint density at radius 2 is 1.95 bits per heavy atom. The van der Waals surface area contributed by atoms with Crippen LogP contribution < -0.4 is 11.1 Å². The van der Waals surface area contributed by atoms with Crippen LogP contribution in [0, 0.1) is 0 Å². The number of nitrogens with zero attached hydrogens (tertiary/aromatic N) is 1. The number of halogens is 4. The minimum atomic E-state index is -4.57. The molecule has 0 atom stereocenters. The Morgan fingerprint density at radius 1 is 1.36 bits per heavy atom. The summed E-state index contributed by atoms with van der Waals surface area (Å²) in [6.07, 6.45) is -4.57. The molecule has 0 spiro atoms. The van der Waals surface area contributed by atoms with Gasteiger partial charge in [0.1, 0.15) is 0 Å². The Bertz CT molecular complexity index is 541. The van der Waals surface area contributed by atoms with Crippen molar-refractivity contribution >= 4 is 23.2 Å². The molecule has 0 radical (unpaired) electrons. The van der Waals surface area contributed by atoms with E-state index >= 15 is 0 Å². The average Bonchev–Trinajstić information content (AvgIpc) is 2.27. The third kappa shape index (κ3) is 6.21. The number of amides is 1. The molecule has 0 heterocycles. The number of alkyl halides is 3. The van der Waals surface area contributed by atoms with E-state index in [4.69, 9.17) is 17.3 Å². The van der Waals surface area contributed by atoms with Crippen molar-refractivity contribution in [2.24, 2.45) is 5.73 Å². The SMILES string of the molecule is CN(CC(=O)Nc1ccc(Cl)c(C(F)(F)F)c1)CC(C)(C)N. The Morgan fingerprint density at radius 3 is 2.45 bits per heavy atom. The lowest BCUT2D eigenvalue weighted by Crippen LogP contribution is -2.45. The van der Waals surface area contributed by atoms with Crippen molar-refractivity contribution in [2.45, 2.75) is 25.6 Å². The van der Waals surface area contributed by atoms with Gasteiger partial charge in [0.05, 0.1) is 17.1 Å². The molecule has 22 heavy (non-hydrogen) atoms. The van der Waals surface area contributed by atoms with E-state index in [1.165, 1.54) is 6.07 Å². The predicted molar refractivity (Wildman–Crippen MR) is 80.8 cm³/mol. The second kappa shape index (κ2) is 6.85. The predicted octanol–water partition coefficient (Wildman–Crippen LogP) is 2.97. The quantitative estimate of drug-likeness (QED) is 0.868. The highest BCUT2D eigenvalue weighted by atomic mass is 35.5. The standard InChI is InChI=1S/C14H19ClF3N3O/c1-13(2,19)8-21(3)7-12(22)20-9-4-5-11(15)10(6-9)14(16,17)18/h4-6H,7-8,19H2,1-3H3,(H,20,22). The minimum absolute atomic E-state index is 0.0185. The molecule has 1 aromatic carbocycles. The maximum absolute atomic E-state index is 12.7. The molecule has 3 N–H and O–H groups in total. The molecule has 0 unspecified atom stereocenters. The number of nitrogens with two attached hydrogens (primary N) is 1. The normalized spacial score (nSPS) is 12.6. The molecule has 0 aliphatic heterocycles. The average molecular weight is 338 g/mol. The van der Waals surface area contributed by atoms with E-state index < -0.39 is 28.2 Å². The van der Waals surface area contributed by atoms with Gasteiger partial charge in [-0.15, -0.1) is 0 Å². The van der Waals surface area contributed by atoms with E-state index in [-0.39, 0.29) is 12.2 Å². The summed E-state index contributed by atoms with van der Waals surface area (Å²) in [7, 11) is 1.71. The Hall–Kier alpha value is -1.31. The molecule has 4 nitrogen and oxygen atoms in total. The highest BCUT2D eigenvalue weighted by molar-refractivity contribution is 6.31. The highest BCUT2D eigenvalue weighted by Gasteiger charge is 2.33. The van der Waals surface area contributed by atoms with Crippen LogP contribution in [0.15, 0.2) is 18.2 Å². The summed E-state index contributed by atoms with van der Waals surface area (Å²) in [5.74, 6) is -0.429. The molecule has 1 amide bonds. The molecule has 124 valence electrons. The van der Waals surface area contributed by atoms with E-state index in [9.17, 15) is 18.0 Å². The van der Waals surface area contributed by atoms with Gasteiger partial charge in [-0.3, -0.25) is 9.69 Å². The summed E-state index contributed by atoms with van der Waals surface area (Å²) >= 11 is 5.52. The maximum Gasteiger partial charge on any atom is 0.417 e. The Labute approximate surface area is 132 Å². The first-order valence-corrected chi connectivity index (χ1v) is 6.90. The maximum atomic E-state index is 12.7. The van der Waals surface area contributed by atoms with Crippen molar-refractivity contribution in [1.82, 2.24) is 4.90 Å². The zero-order valence-electron chi connectivity index (χ0n) is 12.6. The van der Waals surface area contributed by atoms with Crippen LogP contribution in [-0.4, -0.2) is 36.5 Å². The summed E-state index contributed by atoms with van der Waals surface area (Å²) in [6.45, 7) is 4.12. The topological polar surface area (TPSA) is 58.4 Å². The minimum Gasteiger partial charge on any atom is -0.325 e. The largest absolute Gasteiger partial charge is 0.417 e. The van der Waals surface area contributed by atoms with Crippen molar-refractivity contribution in [3.63, 3.8) is 0 Å².